The Morgan fingerprint density at radius 3 is 2.36 bits per heavy atom. The van der Waals surface area contributed by atoms with Gasteiger partial charge in [-0.25, -0.2) is 4.79 Å². The maximum atomic E-state index is 12.9. The van der Waals surface area contributed by atoms with Crippen LogP contribution in [-0.2, 0) is 0 Å². The van der Waals surface area contributed by atoms with Gasteiger partial charge in [-0.1, -0.05) is 6.07 Å². The number of likely N-dealkylation sites (N-methyl/N-ethyl adjacent to an activating group) is 1. The minimum absolute atomic E-state index is 0.0329. The van der Waals surface area contributed by atoms with Gasteiger partial charge >= 0.3 is 6.03 Å². The molecular formula is C20H28N4O. The van der Waals surface area contributed by atoms with Gasteiger partial charge < -0.3 is 15.1 Å². The lowest BCUT2D eigenvalue weighted by atomic mass is 10.1. The molecule has 1 aromatic carbocycles. The molecule has 5 heteroatoms. The van der Waals surface area contributed by atoms with Crippen LogP contribution in [0.4, 0.5) is 10.5 Å². The third-order valence-corrected chi connectivity index (χ3v) is 4.46. The number of hydrogen-bond donors (Lipinski definition) is 1. The second-order valence-electron chi connectivity index (χ2n) is 6.68. The number of aromatic nitrogens is 1. The zero-order valence-electron chi connectivity index (χ0n) is 15.8. The predicted octanol–water partition coefficient (Wildman–Crippen LogP) is 3.86. The average molecular weight is 340 g/mol. The van der Waals surface area contributed by atoms with E-state index >= 15 is 0 Å². The van der Waals surface area contributed by atoms with E-state index in [1.807, 2.05) is 63.2 Å². The Labute approximate surface area is 150 Å². The Morgan fingerprint density at radius 1 is 1.08 bits per heavy atom. The summed E-state index contributed by atoms with van der Waals surface area (Å²) in [5.41, 5.74) is 4.28. The summed E-state index contributed by atoms with van der Waals surface area (Å²) in [5.74, 6) is 0. The van der Waals surface area contributed by atoms with Crippen LogP contribution >= 0.6 is 0 Å². The zero-order valence-corrected chi connectivity index (χ0v) is 15.8. The van der Waals surface area contributed by atoms with Crippen LogP contribution < -0.4 is 5.32 Å². The maximum Gasteiger partial charge on any atom is 0.322 e. The van der Waals surface area contributed by atoms with Crippen LogP contribution in [0.3, 0.4) is 0 Å². The van der Waals surface area contributed by atoms with Gasteiger partial charge in [0.1, 0.15) is 0 Å². The van der Waals surface area contributed by atoms with Gasteiger partial charge in [0.2, 0.25) is 0 Å². The number of amides is 2. The molecule has 0 aliphatic rings. The van der Waals surface area contributed by atoms with Crippen molar-refractivity contribution >= 4 is 11.7 Å². The molecular weight excluding hydrogens is 312 g/mol. The van der Waals surface area contributed by atoms with E-state index in [2.05, 4.69) is 22.1 Å². The first-order chi connectivity index (χ1) is 11.9. The molecule has 0 spiro atoms. The standard InChI is InChI=1S/C20H28N4O/c1-15-6-7-19(14-16(15)2)22-20(25)24(13-12-23(4)5)17(3)18-8-10-21-11-9-18/h6-11,14,17H,12-13H2,1-5H3,(H,22,25). The van der Waals surface area contributed by atoms with E-state index in [0.717, 1.165) is 17.8 Å². The summed E-state index contributed by atoms with van der Waals surface area (Å²) >= 11 is 0. The highest BCUT2D eigenvalue weighted by molar-refractivity contribution is 5.89. The normalized spacial score (nSPS) is 12.1. The fourth-order valence-electron chi connectivity index (χ4n) is 2.62. The molecule has 0 fully saturated rings. The van der Waals surface area contributed by atoms with Crippen molar-refractivity contribution in [2.45, 2.75) is 26.8 Å². The number of benzene rings is 1. The highest BCUT2D eigenvalue weighted by Gasteiger charge is 2.21. The van der Waals surface area contributed by atoms with Crippen LogP contribution in [0.2, 0.25) is 0 Å². The van der Waals surface area contributed by atoms with E-state index in [4.69, 9.17) is 0 Å². The van der Waals surface area contributed by atoms with Crippen LogP contribution in [0.1, 0.15) is 29.7 Å². The molecule has 0 aliphatic heterocycles. The summed E-state index contributed by atoms with van der Waals surface area (Å²) in [6, 6.07) is 9.77. The zero-order chi connectivity index (χ0) is 18.4. The smallest absolute Gasteiger partial charge is 0.316 e. The first-order valence-electron chi connectivity index (χ1n) is 8.58. The predicted molar refractivity (Wildman–Crippen MR) is 103 cm³/mol. The lowest BCUT2D eigenvalue weighted by Crippen LogP contribution is -2.41. The molecule has 25 heavy (non-hydrogen) atoms. The van der Waals surface area contributed by atoms with Gasteiger partial charge in [0.25, 0.3) is 0 Å². The van der Waals surface area contributed by atoms with Crippen molar-refractivity contribution in [3.05, 3.63) is 59.4 Å². The number of pyridine rings is 1. The molecule has 0 bridgehead atoms. The molecule has 1 unspecified atom stereocenters. The van der Waals surface area contributed by atoms with Crippen molar-refractivity contribution < 1.29 is 4.79 Å². The number of carbonyl (C=O) groups is 1. The average Bonchev–Trinajstić information content (AvgIpc) is 2.58. The molecule has 1 N–H and O–H groups in total. The Morgan fingerprint density at radius 2 is 1.76 bits per heavy atom. The van der Waals surface area contributed by atoms with Crippen LogP contribution in [-0.4, -0.2) is 48.0 Å². The molecule has 1 aromatic heterocycles. The van der Waals surface area contributed by atoms with Crippen LogP contribution in [0.25, 0.3) is 0 Å². The number of nitrogens with one attached hydrogen (secondary N) is 1. The van der Waals surface area contributed by atoms with Crippen LogP contribution in [0.15, 0.2) is 42.7 Å². The number of urea groups is 1. The molecule has 0 radical (unpaired) electrons. The highest BCUT2D eigenvalue weighted by atomic mass is 16.2. The Kier molecular flexibility index (Phi) is 6.53. The molecule has 2 amide bonds. The molecule has 0 saturated heterocycles. The molecule has 0 aliphatic carbocycles. The molecule has 2 aromatic rings. The number of nitrogens with zero attached hydrogens (tertiary/aromatic N) is 3. The Hall–Kier alpha value is -2.40. The fourth-order valence-corrected chi connectivity index (χ4v) is 2.62. The monoisotopic (exact) mass is 340 g/mol. The van der Waals surface area contributed by atoms with Gasteiger partial charge in [-0.2, -0.15) is 0 Å². The largest absolute Gasteiger partial charge is 0.322 e. The molecule has 0 saturated carbocycles. The summed E-state index contributed by atoms with van der Waals surface area (Å²) in [5, 5.41) is 3.04. The quantitative estimate of drug-likeness (QED) is 0.869. The van der Waals surface area contributed by atoms with E-state index in [1.54, 1.807) is 12.4 Å². The Bertz CT molecular complexity index is 700. The van der Waals surface area contributed by atoms with Crippen LogP contribution in [0.5, 0.6) is 0 Å². The summed E-state index contributed by atoms with van der Waals surface area (Å²) < 4.78 is 0. The maximum absolute atomic E-state index is 12.9. The minimum Gasteiger partial charge on any atom is -0.316 e. The molecule has 5 nitrogen and oxygen atoms in total. The third kappa shape index (κ3) is 5.29. The van der Waals surface area contributed by atoms with Crippen molar-refractivity contribution in [2.75, 3.05) is 32.5 Å². The number of carbonyl (C=O) groups excluding carboxylic acids is 1. The number of rotatable bonds is 6. The minimum atomic E-state index is -0.0885. The number of anilines is 1. The van der Waals surface area contributed by atoms with Crippen molar-refractivity contribution in [2.24, 2.45) is 0 Å². The number of aryl methyl sites for hydroxylation is 2. The van der Waals surface area contributed by atoms with Gasteiger partial charge in [-0.05, 0) is 75.8 Å². The van der Waals surface area contributed by atoms with Crippen molar-refractivity contribution in [1.29, 1.82) is 0 Å². The summed E-state index contributed by atoms with van der Waals surface area (Å²) in [4.78, 5) is 20.9. The molecule has 1 atom stereocenters. The fraction of sp³-hybridized carbons (Fsp3) is 0.400. The van der Waals surface area contributed by atoms with Gasteiger partial charge in [-0.3, -0.25) is 4.98 Å². The summed E-state index contributed by atoms with van der Waals surface area (Å²) in [6.45, 7) is 7.61. The lowest BCUT2D eigenvalue weighted by Gasteiger charge is -2.31. The lowest BCUT2D eigenvalue weighted by molar-refractivity contribution is 0.185. The second kappa shape index (κ2) is 8.62. The van der Waals surface area contributed by atoms with Gasteiger partial charge in [-0.15, -0.1) is 0 Å². The summed E-state index contributed by atoms with van der Waals surface area (Å²) in [6.07, 6.45) is 3.52. The first kappa shape index (κ1) is 18.9. The summed E-state index contributed by atoms with van der Waals surface area (Å²) in [7, 11) is 4.02. The van der Waals surface area contributed by atoms with Gasteiger partial charge in [0.15, 0.2) is 0 Å². The van der Waals surface area contributed by atoms with E-state index in [0.29, 0.717) is 6.54 Å². The second-order valence-corrected chi connectivity index (χ2v) is 6.68. The van der Waals surface area contributed by atoms with Crippen molar-refractivity contribution in [3.63, 3.8) is 0 Å². The van der Waals surface area contributed by atoms with Gasteiger partial charge in [0, 0.05) is 31.2 Å². The van der Waals surface area contributed by atoms with E-state index in [1.165, 1.54) is 11.1 Å². The van der Waals surface area contributed by atoms with E-state index in [9.17, 15) is 4.79 Å². The van der Waals surface area contributed by atoms with E-state index < -0.39 is 0 Å². The topological polar surface area (TPSA) is 48.5 Å². The molecule has 1 heterocycles. The van der Waals surface area contributed by atoms with Crippen LogP contribution in [0, 0.1) is 13.8 Å². The molecule has 134 valence electrons. The van der Waals surface area contributed by atoms with E-state index in [-0.39, 0.29) is 12.1 Å². The first-order valence-corrected chi connectivity index (χ1v) is 8.58. The highest BCUT2D eigenvalue weighted by Crippen LogP contribution is 2.21. The Balaban J connectivity index is 2.18. The molecule has 2 rings (SSSR count). The van der Waals surface area contributed by atoms with Crippen molar-refractivity contribution in [1.82, 2.24) is 14.8 Å². The number of hydrogen-bond acceptors (Lipinski definition) is 3. The third-order valence-electron chi connectivity index (χ3n) is 4.46. The van der Waals surface area contributed by atoms with Gasteiger partial charge in [0.05, 0.1) is 6.04 Å². The van der Waals surface area contributed by atoms with Crippen molar-refractivity contribution in [3.8, 4) is 0 Å². The SMILES string of the molecule is Cc1ccc(NC(=O)N(CCN(C)C)C(C)c2ccncc2)cc1C.